The molecule has 4 nitrogen and oxygen atoms in total. The molecule has 0 saturated carbocycles. The zero-order valence-corrected chi connectivity index (χ0v) is 17.6. The van der Waals surface area contributed by atoms with Gasteiger partial charge in [-0.2, -0.15) is 0 Å². The minimum absolute atomic E-state index is 0.261. The normalized spacial score (nSPS) is 13.2. The van der Waals surface area contributed by atoms with Crippen molar-refractivity contribution >= 4 is 20.3 Å². The minimum atomic E-state index is -2.03. The Morgan fingerprint density at radius 2 is 1.56 bits per heavy atom. The molecule has 0 aromatic heterocycles. The first-order valence-electron chi connectivity index (χ1n) is 8.88. The first-order chi connectivity index (χ1) is 11.4. The first kappa shape index (κ1) is 21.4. The van der Waals surface area contributed by atoms with E-state index >= 15 is 0 Å². The number of hydrogen-bond donors (Lipinski definition) is 0. The first-order valence-corrected chi connectivity index (χ1v) is 12.3. The maximum atomic E-state index is 12.4. The van der Waals surface area contributed by atoms with E-state index in [4.69, 9.17) is 9.16 Å². The zero-order valence-electron chi connectivity index (χ0n) is 16.6. The molecule has 1 rings (SSSR count). The summed E-state index contributed by atoms with van der Waals surface area (Å²) >= 11 is 0. The Morgan fingerprint density at radius 1 is 1.04 bits per heavy atom. The second kappa shape index (κ2) is 8.65. The van der Waals surface area contributed by atoms with Crippen molar-refractivity contribution in [1.82, 2.24) is 0 Å². The molecule has 0 fully saturated rings. The largest absolute Gasteiger partial charge is 0.516 e. The molecule has 25 heavy (non-hydrogen) atoms. The van der Waals surface area contributed by atoms with Gasteiger partial charge >= 0.3 is 11.9 Å². The van der Waals surface area contributed by atoms with Crippen molar-refractivity contribution in [3.05, 3.63) is 35.4 Å². The smallest absolute Gasteiger partial charge is 0.339 e. The van der Waals surface area contributed by atoms with Crippen molar-refractivity contribution in [2.24, 2.45) is 11.3 Å². The van der Waals surface area contributed by atoms with Gasteiger partial charge in [0, 0.05) is 0 Å². The van der Waals surface area contributed by atoms with Gasteiger partial charge in [-0.3, -0.25) is 0 Å². The lowest BCUT2D eigenvalue weighted by Gasteiger charge is -2.23. The van der Waals surface area contributed by atoms with Crippen molar-refractivity contribution in [1.29, 1.82) is 0 Å². The highest BCUT2D eigenvalue weighted by molar-refractivity contribution is 6.71. The topological polar surface area (TPSA) is 52.6 Å². The van der Waals surface area contributed by atoms with Crippen LogP contribution >= 0.6 is 0 Å². The summed E-state index contributed by atoms with van der Waals surface area (Å²) in [5, 5.41) is 0. The van der Waals surface area contributed by atoms with Gasteiger partial charge in [0.05, 0.1) is 17.7 Å². The van der Waals surface area contributed by atoms with Crippen LogP contribution in [0.2, 0.25) is 19.6 Å². The lowest BCUT2D eigenvalue weighted by atomic mass is 9.84. The number of esters is 1. The van der Waals surface area contributed by atoms with Crippen molar-refractivity contribution in [2.75, 3.05) is 6.61 Å². The van der Waals surface area contributed by atoms with Crippen LogP contribution in [-0.2, 0) is 9.16 Å². The van der Waals surface area contributed by atoms with Gasteiger partial charge in [-0.15, -0.1) is 0 Å². The van der Waals surface area contributed by atoms with E-state index in [-0.39, 0.29) is 16.5 Å². The van der Waals surface area contributed by atoms with Gasteiger partial charge in [0.25, 0.3) is 0 Å². The van der Waals surface area contributed by atoms with E-state index < -0.39 is 20.3 Å². The second-order valence-electron chi connectivity index (χ2n) is 8.84. The fourth-order valence-corrected chi connectivity index (χ4v) is 3.42. The van der Waals surface area contributed by atoms with Gasteiger partial charge in [-0.25, -0.2) is 9.59 Å². The second-order valence-corrected chi connectivity index (χ2v) is 13.3. The van der Waals surface area contributed by atoms with E-state index in [1.165, 1.54) is 0 Å². The molecule has 0 amide bonds. The molecule has 0 heterocycles. The summed E-state index contributed by atoms with van der Waals surface area (Å²) in [6, 6.07) is 6.68. The Balaban J connectivity index is 2.69. The van der Waals surface area contributed by atoms with Gasteiger partial charge in [-0.1, -0.05) is 39.8 Å². The van der Waals surface area contributed by atoms with Crippen LogP contribution in [0.4, 0.5) is 0 Å². The van der Waals surface area contributed by atoms with Crippen molar-refractivity contribution in [3.63, 3.8) is 0 Å². The monoisotopic (exact) mass is 364 g/mol. The molecule has 1 atom stereocenters. The van der Waals surface area contributed by atoms with E-state index in [1.54, 1.807) is 24.3 Å². The van der Waals surface area contributed by atoms with Gasteiger partial charge in [-0.05, 0) is 55.9 Å². The van der Waals surface area contributed by atoms with Crippen LogP contribution in [0.1, 0.15) is 61.3 Å². The summed E-state index contributed by atoms with van der Waals surface area (Å²) in [7, 11) is -2.03. The zero-order chi connectivity index (χ0) is 19.3. The molecule has 0 bridgehead atoms. The molecule has 0 N–H and O–H groups in total. The van der Waals surface area contributed by atoms with Crippen LogP contribution in [-0.4, -0.2) is 26.9 Å². The third kappa shape index (κ3) is 8.34. The summed E-state index contributed by atoms with van der Waals surface area (Å²) in [6.07, 6.45) is 1.88. The van der Waals surface area contributed by atoms with E-state index in [0.717, 1.165) is 12.8 Å². The molecule has 0 aliphatic heterocycles. The van der Waals surface area contributed by atoms with Crippen molar-refractivity contribution in [3.8, 4) is 0 Å². The van der Waals surface area contributed by atoms with E-state index in [1.807, 2.05) is 19.6 Å². The van der Waals surface area contributed by atoms with Gasteiger partial charge in [0.1, 0.15) is 0 Å². The number of ether oxygens (including phenoxy) is 1. The third-order valence-electron chi connectivity index (χ3n) is 3.57. The quantitative estimate of drug-likeness (QED) is 0.487. The lowest BCUT2D eigenvalue weighted by Crippen LogP contribution is -2.30. The average Bonchev–Trinajstić information content (AvgIpc) is 2.43. The Morgan fingerprint density at radius 3 is 2.04 bits per heavy atom. The molecule has 140 valence electrons. The molecule has 0 aliphatic carbocycles. The molecule has 0 radical (unpaired) electrons. The van der Waals surface area contributed by atoms with Crippen LogP contribution in [0.5, 0.6) is 0 Å². The number of hydrogen-bond acceptors (Lipinski definition) is 4. The Kier molecular flexibility index (Phi) is 7.41. The SMILES string of the molecule is CC(CCOC(=O)c1ccccc1C(=O)O[Si](C)(C)C)CC(C)(C)C. The van der Waals surface area contributed by atoms with Crippen molar-refractivity contribution < 1.29 is 18.8 Å². The average molecular weight is 365 g/mol. The summed E-state index contributed by atoms with van der Waals surface area (Å²) in [5.74, 6) is -0.446. The van der Waals surface area contributed by atoms with Gasteiger partial charge in [0.2, 0.25) is 8.32 Å². The number of carbonyl (C=O) groups excluding carboxylic acids is 2. The Hall–Kier alpha value is -1.62. The number of benzene rings is 1. The highest BCUT2D eigenvalue weighted by Gasteiger charge is 2.25. The predicted octanol–water partition coefficient (Wildman–Crippen LogP) is 5.30. The van der Waals surface area contributed by atoms with Gasteiger partial charge in [0.15, 0.2) is 0 Å². The lowest BCUT2D eigenvalue weighted by molar-refractivity contribution is 0.0470. The Bertz CT molecular complexity index is 596. The third-order valence-corrected chi connectivity index (χ3v) is 4.37. The van der Waals surface area contributed by atoms with Crippen LogP contribution < -0.4 is 0 Å². The Labute approximate surface area is 153 Å². The minimum Gasteiger partial charge on any atom is -0.516 e. The van der Waals surface area contributed by atoms with Crippen LogP contribution in [0.25, 0.3) is 0 Å². The van der Waals surface area contributed by atoms with Gasteiger partial charge < -0.3 is 9.16 Å². The maximum Gasteiger partial charge on any atom is 0.339 e. The molecule has 1 aromatic carbocycles. The summed E-state index contributed by atoms with van der Waals surface area (Å²) in [5.41, 5.74) is 0.809. The highest BCUT2D eigenvalue weighted by atomic mass is 28.4. The summed E-state index contributed by atoms with van der Waals surface area (Å²) in [4.78, 5) is 24.7. The molecular formula is C20H32O4Si. The van der Waals surface area contributed by atoms with Crippen LogP contribution in [0.15, 0.2) is 24.3 Å². The predicted molar refractivity (Wildman–Crippen MR) is 103 cm³/mol. The molecule has 0 aliphatic rings. The van der Waals surface area contributed by atoms with E-state index in [2.05, 4.69) is 27.7 Å². The summed E-state index contributed by atoms with van der Waals surface area (Å²) in [6.45, 7) is 14.9. The molecular weight excluding hydrogens is 332 g/mol. The standard InChI is InChI=1S/C20H32O4Si/c1-15(14-20(2,3)4)12-13-23-18(21)16-10-8-9-11-17(16)19(22)24-25(5,6)7/h8-11,15H,12-14H2,1-7H3. The van der Waals surface area contributed by atoms with Crippen LogP contribution in [0.3, 0.4) is 0 Å². The van der Waals surface area contributed by atoms with Crippen molar-refractivity contribution in [2.45, 2.75) is 60.2 Å². The molecule has 0 saturated heterocycles. The summed E-state index contributed by atoms with van der Waals surface area (Å²) < 4.78 is 10.9. The fourth-order valence-electron chi connectivity index (χ4n) is 2.75. The number of carbonyl (C=O) groups is 2. The maximum absolute atomic E-state index is 12.4. The van der Waals surface area contributed by atoms with Crippen LogP contribution in [0, 0.1) is 11.3 Å². The number of rotatable bonds is 7. The molecule has 1 aromatic rings. The fraction of sp³-hybridized carbons (Fsp3) is 0.600. The van der Waals surface area contributed by atoms with E-state index in [9.17, 15) is 9.59 Å². The molecule has 1 unspecified atom stereocenters. The molecule has 0 spiro atoms. The van der Waals surface area contributed by atoms with E-state index in [0.29, 0.717) is 12.5 Å². The molecule has 5 heteroatoms. The highest BCUT2D eigenvalue weighted by Crippen LogP contribution is 2.26.